The van der Waals surface area contributed by atoms with Crippen LogP contribution in [-0.2, 0) is 37.3 Å². The third kappa shape index (κ3) is 9.89. The summed E-state index contributed by atoms with van der Waals surface area (Å²) in [6.45, 7) is 20.3. The van der Waals surface area contributed by atoms with E-state index in [0.29, 0.717) is 11.3 Å². The molecule has 322 valence electrons. The molecule has 3 nitrogen and oxygen atoms in total. The van der Waals surface area contributed by atoms with Crippen molar-refractivity contribution in [2.45, 2.75) is 78.6 Å². The van der Waals surface area contributed by atoms with Crippen LogP contribution in [0.5, 0.6) is 5.75 Å². The zero-order valence-electron chi connectivity index (χ0n) is 38.2. The van der Waals surface area contributed by atoms with Crippen molar-refractivity contribution < 1.29 is 26.2 Å². The molecule has 0 bridgehead atoms. The molecular weight excluding hydrogens is 960 g/mol. The largest absolute Gasteiger partial charge is 0.507 e. The van der Waals surface area contributed by atoms with Crippen molar-refractivity contribution in [3.63, 3.8) is 0 Å². The first kappa shape index (κ1) is 45.7. The second-order valence-corrected chi connectivity index (χ2v) is 19.7. The fourth-order valence-electron chi connectivity index (χ4n) is 7.92. The molecule has 0 saturated carbocycles. The number of terminal acetylenes is 1. The van der Waals surface area contributed by atoms with Crippen LogP contribution in [0.4, 0.5) is 0 Å². The van der Waals surface area contributed by atoms with E-state index in [1.54, 1.807) is 6.07 Å². The molecule has 0 unspecified atom stereocenters. The van der Waals surface area contributed by atoms with E-state index in [9.17, 15) is 5.11 Å². The van der Waals surface area contributed by atoms with Gasteiger partial charge >= 0.3 is 0 Å². The van der Waals surface area contributed by atoms with Crippen LogP contribution in [0, 0.1) is 18.4 Å². The summed E-state index contributed by atoms with van der Waals surface area (Å²) in [6.07, 6.45) is 7.72. The Kier molecular flexibility index (Phi) is 12.9. The standard InChI is InChI=1S/C60H55N2O.Pt/c1-11-39-17-15-16-20-52(39)42-23-21-41(22-24-42)43-25-26-57(63)53(34-43)56-37-46(45-30-50(59(5,6)7)38-51(31-45)60(8,9)10)36-55(62-56)48-29-47(32-49(33-48)58(2,3)4)54-35-44(27-28-61-54)40-18-13-12-14-19-40;/h1,12-28,30-38,63H,2-10H3;/q-1;. The summed E-state index contributed by atoms with van der Waals surface area (Å²) in [5, 5.41) is 11.7. The number of aromatic nitrogens is 2. The fraction of sp³-hybridized carbons (Fsp3) is 0.200. The minimum atomic E-state index is -0.177. The van der Waals surface area contributed by atoms with Gasteiger partial charge in [0.2, 0.25) is 0 Å². The van der Waals surface area contributed by atoms with Crippen LogP contribution in [0.15, 0.2) is 158 Å². The second-order valence-electron chi connectivity index (χ2n) is 19.7. The fourth-order valence-corrected chi connectivity index (χ4v) is 7.92. The van der Waals surface area contributed by atoms with E-state index >= 15 is 0 Å². The Morgan fingerprint density at radius 1 is 0.453 bits per heavy atom. The van der Waals surface area contributed by atoms with Crippen molar-refractivity contribution in [1.82, 2.24) is 9.97 Å². The number of phenols is 1. The molecule has 0 aliphatic rings. The smallest absolute Gasteiger partial charge is 0.124 e. The molecule has 0 fully saturated rings. The van der Waals surface area contributed by atoms with Gasteiger partial charge in [-0.3, -0.25) is 9.97 Å². The molecular formula is C60H55N2OPt-. The monoisotopic (exact) mass is 1010 g/mol. The third-order valence-corrected chi connectivity index (χ3v) is 11.9. The van der Waals surface area contributed by atoms with Gasteiger partial charge in [-0.2, -0.15) is 0 Å². The molecule has 2 heterocycles. The number of phenolic OH excluding ortho intramolecular Hbond substituents is 1. The molecule has 2 aromatic heterocycles. The Morgan fingerprint density at radius 2 is 0.953 bits per heavy atom. The predicted molar refractivity (Wildman–Crippen MR) is 265 cm³/mol. The Bertz CT molecular complexity index is 2980. The zero-order valence-corrected chi connectivity index (χ0v) is 40.5. The van der Waals surface area contributed by atoms with Gasteiger partial charge in [0.25, 0.3) is 0 Å². The van der Waals surface area contributed by atoms with Crippen LogP contribution in [0.3, 0.4) is 0 Å². The van der Waals surface area contributed by atoms with Gasteiger partial charge in [-0.1, -0.05) is 189 Å². The first-order chi connectivity index (χ1) is 29.9. The third-order valence-electron chi connectivity index (χ3n) is 11.9. The van der Waals surface area contributed by atoms with Crippen LogP contribution in [0.1, 0.15) is 84.6 Å². The SMILES string of the molecule is C#Cc1ccccc1-c1ccc(-c2ccc(O)c(-c3cc(-c4cc(C(C)(C)C)cc(C(C)(C)C)c4)cc(-c4[c-]c(-c5cc(-c6ccccc6)ccn5)cc(C(C)(C)C)c4)n3)c2)cc1.[Pt]. The molecule has 1 N–H and O–H groups in total. The van der Waals surface area contributed by atoms with E-state index < -0.39 is 0 Å². The van der Waals surface area contributed by atoms with Crippen LogP contribution in [0.25, 0.3) is 78.3 Å². The van der Waals surface area contributed by atoms with E-state index in [1.807, 2.05) is 42.6 Å². The van der Waals surface area contributed by atoms with Gasteiger partial charge in [0, 0.05) is 49.8 Å². The molecule has 0 spiro atoms. The van der Waals surface area contributed by atoms with Crippen molar-refractivity contribution in [2.75, 3.05) is 0 Å². The van der Waals surface area contributed by atoms with Crippen LogP contribution >= 0.6 is 0 Å². The van der Waals surface area contributed by atoms with Crippen LogP contribution in [0.2, 0.25) is 0 Å². The molecule has 8 rings (SSSR count). The van der Waals surface area contributed by atoms with Gasteiger partial charge in [0.05, 0.1) is 5.69 Å². The number of aromatic hydroxyl groups is 1. The Hall–Kier alpha value is -6.33. The summed E-state index contributed by atoms with van der Waals surface area (Å²) in [5.74, 6) is 2.97. The average molecular weight is 1020 g/mol. The van der Waals surface area contributed by atoms with Crippen molar-refractivity contribution >= 4 is 0 Å². The first-order valence-corrected chi connectivity index (χ1v) is 21.7. The first-order valence-electron chi connectivity index (χ1n) is 21.7. The molecule has 64 heavy (non-hydrogen) atoms. The van der Waals surface area contributed by atoms with Gasteiger partial charge in [-0.25, -0.2) is 0 Å². The Balaban J connectivity index is 0.00000612. The van der Waals surface area contributed by atoms with E-state index in [2.05, 4.69) is 183 Å². The van der Waals surface area contributed by atoms with E-state index in [4.69, 9.17) is 16.4 Å². The number of hydrogen-bond donors (Lipinski definition) is 1. The Labute approximate surface area is 395 Å². The average Bonchev–Trinajstić information content (AvgIpc) is 3.28. The Morgan fingerprint density at radius 3 is 1.59 bits per heavy atom. The molecule has 0 saturated heterocycles. The maximum atomic E-state index is 11.7. The molecule has 0 atom stereocenters. The molecule has 6 aromatic carbocycles. The van der Waals surface area contributed by atoms with Gasteiger partial charge in [0.1, 0.15) is 5.75 Å². The van der Waals surface area contributed by atoms with Crippen LogP contribution < -0.4 is 0 Å². The topological polar surface area (TPSA) is 46.0 Å². The van der Waals surface area contributed by atoms with E-state index in [0.717, 1.165) is 78.1 Å². The van der Waals surface area contributed by atoms with Gasteiger partial charge in [-0.05, 0) is 102 Å². The summed E-state index contributed by atoms with van der Waals surface area (Å²) in [4.78, 5) is 10.3. The summed E-state index contributed by atoms with van der Waals surface area (Å²) in [6, 6.07) is 56.2. The number of nitrogens with zero attached hydrogens (tertiary/aromatic N) is 2. The predicted octanol–water partition coefficient (Wildman–Crippen LogP) is 15.5. The van der Waals surface area contributed by atoms with Gasteiger partial charge < -0.3 is 5.11 Å². The zero-order chi connectivity index (χ0) is 44.7. The summed E-state index contributed by atoms with van der Waals surface area (Å²) >= 11 is 0. The van der Waals surface area contributed by atoms with E-state index in [1.165, 1.54) is 11.1 Å². The minimum absolute atomic E-state index is 0. The molecule has 0 aliphatic heterocycles. The number of rotatable bonds is 7. The maximum Gasteiger partial charge on any atom is 0.124 e. The number of hydrogen-bond acceptors (Lipinski definition) is 3. The quantitative estimate of drug-likeness (QED) is 0.128. The van der Waals surface area contributed by atoms with Gasteiger partial charge in [0.15, 0.2) is 0 Å². The van der Waals surface area contributed by atoms with Crippen molar-refractivity contribution in [1.29, 1.82) is 0 Å². The number of benzene rings is 6. The minimum Gasteiger partial charge on any atom is -0.507 e. The molecule has 0 amide bonds. The second kappa shape index (κ2) is 18.0. The molecule has 0 aliphatic carbocycles. The van der Waals surface area contributed by atoms with E-state index in [-0.39, 0.29) is 43.1 Å². The normalized spacial score (nSPS) is 11.8. The van der Waals surface area contributed by atoms with Crippen molar-refractivity contribution in [3.05, 3.63) is 186 Å². The molecule has 0 radical (unpaired) electrons. The summed E-state index contributed by atoms with van der Waals surface area (Å²) < 4.78 is 0. The molecule has 4 heteroatoms. The van der Waals surface area contributed by atoms with Crippen molar-refractivity contribution in [3.8, 4) is 96.4 Å². The molecule has 8 aromatic rings. The summed E-state index contributed by atoms with van der Waals surface area (Å²) in [5.41, 5.74) is 17.2. The summed E-state index contributed by atoms with van der Waals surface area (Å²) in [7, 11) is 0. The maximum absolute atomic E-state index is 11.7. The number of pyridine rings is 2. The van der Waals surface area contributed by atoms with Crippen LogP contribution in [-0.4, -0.2) is 15.1 Å². The van der Waals surface area contributed by atoms with Crippen molar-refractivity contribution in [2.24, 2.45) is 0 Å². The van der Waals surface area contributed by atoms with Gasteiger partial charge in [-0.15, -0.1) is 30.2 Å².